The molecule has 3 rings (SSSR count). The van der Waals surface area contributed by atoms with Crippen molar-refractivity contribution in [2.24, 2.45) is 5.92 Å². The average Bonchev–Trinajstić information content (AvgIpc) is 3.30. The Labute approximate surface area is 128 Å². The number of nitrogens with one attached hydrogen (secondary N) is 1. The molecule has 0 radical (unpaired) electrons. The van der Waals surface area contributed by atoms with E-state index in [9.17, 15) is 0 Å². The quantitative estimate of drug-likeness (QED) is 0.901. The van der Waals surface area contributed by atoms with Gasteiger partial charge in [-0.1, -0.05) is 19.1 Å². The molecule has 116 valence electrons. The standard InChI is InChI=1S/C18H28N2O/c1-13-8-9-20(12-18(13)21-3)17-7-4-15(10-14(17)2)11-19-16-5-6-16/h4,7,10,13,16,18-19H,5-6,8-9,11-12H2,1-3H3. The molecule has 0 amide bonds. The highest BCUT2D eigenvalue weighted by Crippen LogP contribution is 2.28. The van der Waals surface area contributed by atoms with Crippen molar-refractivity contribution < 1.29 is 4.74 Å². The number of nitrogens with zero attached hydrogens (tertiary/aromatic N) is 1. The third-order valence-electron chi connectivity index (χ3n) is 4.97. The minimum absolute atomic E-state index is 0.356. The van der Waals surface area contributed by atoms with Crippen molar-refractivity contribution in [1.82, 2.24) is 5.32 Å². The molecule has 2 atom stereocenters. The Morgan fingerprint density at radius 2 is 2.10 bits per heavy atom. The third-order valence-corrected chi connectivity index (χ3v) is 4.97. The Morgan fingerprint density at radius 3 is 2.76 bits per heavy atom. The van der Waals surface area contributed by atoms with Gasteiger partial charge in [0.2, 0.25) is 0 Å². The molecule has 2 unspecified atom stereocenters. The molecule has 21 heavy (non-hydrogen) atoms. The van der Waals surface area contributed by atoms with E-state index >= 15 is 0 Å². The Hall–Kier alpha value is -1.06. The van der Waals surface area contributed by atoms with Gasteiger partial charge in [-0.3, -0.25) is 0 Å². The largest absolute Gasteiger partial charge is 0.379 e. The molecule has 0 bridgehead atoms. The molecule has 2 aliphatic rings. The number of ether oxygens (including phenoxy) is 1. The maximum absolute atomic E-state index is 5.64. The van der Waals surface area contributed by atoms with Crippen LogP contribution in [0.5, 0.6) is 0 Å². The zero-order valence-corrected chi connectivity index (χ0v) is 13.6. The molecule has 2 fully saturated rings. The molecule has 0 spiro atoms. The fraction of sp³-hybridized carbons (Fsp3) is 0.667. The monoisotopic (exact) mass is 288 g/mol. The van der Waals surface area contributed by atoms with Crippen LogP contribution < -0.4 is 10.2 Å². The van der Waals surface area contributed by atoms with E-state index in [0.29, 0.717) is 12.0 Å². The van der Waals surface area contributed by atoms with Crippen molar-refractivity contribution in [2.45, 2.75) is 51.8 Å². The van der Waals surface area contributed by atoms with Crippen LogP contribution >= 0.6 is 0 Å². The van der Waals surface area contributed by atoms with E-state index in [0.717, 1.165) is 25.7 Å². The maximum atomic E-state index is 5.64. The first-order chi connectivity index (χ1) is 10.2. The minimum Gasteiger partial charge on any atom is -0.379 e. The van der Waals surface area contributed by atoms with Crippen molar-refractivity contribution in [1.29, 1.82) is 0 Å². The zero-order chi connectivity index (χ0) is 14.8. The zero-order valence-electron chi connectivity index (χ0n) is 13.6. The summed E-state index contributed by atoms with van der Waals surface area (Å²) >= 11 is 0. The number of aryl methyl sites for hydroxylation is 1. The molecule has 1 heterocycles. The molecule has 1 aliphatic heterocycles. The summed E-state index contributed by atoms with van der Waals surface area (Å²) in [6.07, 6.45) is 4.26. The summed E-state index contributed by atoms with van der Waals surface area (Å²) in [5.41, 5.74) is 4.16. The second-order valence-corrected chi connectivity index (χ2v) is 6.76. The van der Waals surface area contributed by atoms with Crippen molar-refractivity contribution in [2.75, 3.05) is 25.1 Å². The van der Waals surface area contributed by atoms with Crippen LogP contribution in [-0.4, -0.2) is 32.3 Å². The van der Waals surface area contributed by atoms with Crippen molar-refractivity contribution in [3.8, 4) is 0 Å². The van der Waals surface area contributed by atoms with Crippen LogP contribution in [0, 0.1) is 12.8 Å². The number of methoxy groups -OCH3 is 1. The molecule has 1 aliphatic carbocycles. The lowest BCUT2D eigenvalue weighted by Crippen LogP contribution is -2.44. The number of hydrogen-bond donors (Lipinski definition) is 1. The molecule has 1 aromatic rings. The molecule has 3 nitrogen and oxygen atoms in total. The van der Waals surface area contributed by atoms with Gasteiger partial charge in [0, 0.05) is 38.5 Å². The van der Waals surface area contributed by atoms with Crippen LogP contribution in [0.4, 0.5) is 5.69 Å². The molecular weight excluding hydrogens is 260 g/mol. The lowest BCUT2D eigenvalue weighted by molar-refractivity contribution is 0.0498. The maximum Gasteiger partial charge on any atom is 0.0772 e. The lowest BCUT2D eigenvalue weighted by atomic mass is 9.94. The van der Waals surface area contributed by atoms with Gasteiger partial charge in [-0.15, -0.1) is 0 Å². The predicted molar refractivity (Wildman–Crippen MR) is 87.8 cm³/mol. The summed E-state index contributed by atoms with van der Waals surface area (Å²) in [6.45, 7) is 7.68. The van der Waals surface area contributed by atoms with Gasteiger partial charge < -0.3 is 15.0 Å². The summed E-state index contributed by atoms with van der Waals surface area (Å²) < 4.78 is 5.64. The predicted octanol–water partition coefficient (Wildman–Crippen LogP) is 3.11. The van der Waals surface area contributed by atoms with Gasteiger partial charge in [0.05, 0.1) is 6.10 Å². The number of hydrogen-bond acceptors (Lipinski definition) is 3. The van der Waals surface area contributed by atoms with E-state index in [1.165, 1.54) is 36.1 Å². The van der Waals surface area contributed by atoms with E-state index in [1.54, 1.807) is 0 Å². The van der Waals surface area contributed by atoms with E-state index in [-0.39, 0.29) is 0 Å². The Balaban J connectivity index is 1.66. The highest BCUT2D eigenvalue weighted by molar-refractivity contribution is 5.55. The van der Waals surface area contributed by atoms with Gasteiger partial charge in [-0.25, -0.2) is 0 Å². The van der Waals surface area contributed by atoms with Crippen LogP contribution in [0.15, 0.2) is 18.2 Å². The topological polar surface area (TPSA) is 24.5 Å². The average molecular weight is 288 g/mol. The van der Waals surface area contributed by atoms with Gasteiger partial charge in [0.1, 0.15) is 0 Å². The van der Waals surface area contributed by atoms with Crippen molar-refractivity contribution in [3.05, 3.63) is 29.3 Å². The van der Waals surface area contributed by atoms with Crippen LogP contribution in [-0.2, 0) is 11.3 Å². The Morgan fingerprint density at radius 1 is 1.29 bits per heavy atom. The summed E-state index contributed by atoms with van der Waals surface area (Å²) in [7, 11) is 1.84. The molecule has 1 N–H and O–H groups in total. The van der Waals surface area contributed by atoms with Crippen LogP contribution in [0.1, 0.15) is 37.3 Å². The summed E-state index contributed by atoms with van der Waals surface area (Å²) in [5.74, 6) is 0.661. The smallest absolute Gasteiger partial charge is 0.0772 e. The molecular formula is C18H28N2O. The second kappa shape index (κ2) is 6.37. The van der Waals surface area contributed by atoms with Gasteiger partial charge in [-0.2, -0.15) is 0 Å². The summed E-state index contributed by atoms with van der Waals surface area (Å²) in [4.78, 5) is 2.49. The van der Waals surface area contributed by atoms with E-state index < -0.39 is 0 Å². The third kappa shape index (κ3) is 3.58. The summed E-state index contributed by atoms with van der Waals surface area (Å²) in [5, 5.41) is 3.59. The highest BCUT2D eigenvalue weighted by Gasteiger charge is 2.26. The molecule has 0 aromatic heterocycles. The van der Waals surface area contributed by atoms with Gasteiger partial charge in [-0.05, 0) is 49.3 Å². The van der Waals surface area contributed by atoms with Crippen molar-refractivity contribution >= 4 is 5.69 Å². The number of anilines is 1. The van der Waals surface area contributed by atoms with Crippen molar-refractivity contribution in [3.63, 3.8) is 0 Å². The molecule has 3 heteroatoms. The van der Waals surface area contributed by atoms with E-state index in [1.807, 2.05) is 7.11 Å². The SMILES string of the molecule is COC1CN(c2ccc(CNC3CC3)cc2C)CCC1C. The van der Waals surface area contributed by atoms with Gasteiger partial charge in [0.25, 0.3) is 0 Å². The minimum atomic E-state index is 0.356. The first-order valence-electron chi connectivity index (χ1n) is 8.28. The fourth-order valence-corrected chi connectivity index (χ4v) is 3.29. The number of benzene rings is 1. The number of piperidine rings is 1. The summed E-state index contributed by atoms with van der Waals surface area (Å²) in [6, 6.07) is 7.68. The molecule has 1 saturated heterocycles. The lowest BCUT2D eigenvalue weighted by Gasteiger charge is -2.38. The first-order valence-corrected chi connectivity index (χ1v) is 8.28. The van der Waals surface area contributed by atoms with Gasteiger partial charge >= 0.3 is 0 Å². The Bertz CT molecular complexity index is 484. The van der Waals surface area contributed by atoms with Gasteiger partial charge in [0.15, 0.2) is 0 Å². The first kappa shape index (κ1) is 14.9. The molecule has 1 saturated carbocycles. The van der Waals surface area contributed by atoms with Crippen LogP contribution in [0.25, 0.3) is 0 Å². The fourth-order valence-electron chi connectivity index (χ4n) is 3.29. The van der Waals surface area contributed by atoms with Crippen LogP contribution in [0.2, 0.25) is 0 Å². The molecule has 1 aromatic carbocycles. The number of rotatable bonds is 5. The van der Waals surface area contributed by atoms with E-state index in [4.69, 9.17) is 4.74 Å². The van der Waals surface area contributed by atoms with Crippen LogP contribution in [0.3, 0.4) is 0 Å². The highest BCUT2D eigenvalue weighted by atomic mass is 16.5. The van der Waals surface area contributed by atoms with E-state index in [2.05, 4.69) is 42.3 Å². The normalized spacial score (nSPS) is 26.1. The second-order valence-electron chi connectivity index (χ2n) is 6.76. The Kier molecular flexibility index (Phi) is 4.51.